The fourth-order valence-electron chi connectivity index (χ4n) is 2.85. The van der Waals surface area contributed by atoms with Crippen molar-refractivity contribution in [3.63, 3.8) is 0 Å². The van der Waals surface area contributed by atoms with Crippen LogP contribution in [0.5, 0.6) is 0 Å². The zero-order valence-corrected chi connectivity index (χ0v) is 14.7. The number of amides is 2. The number of nitrogens with one attached hydrogen (secondary N) is 2. The van der Waals surface area contributed by atoms with Gasteiger partial charge < -0.3 is 15.7 Å². The van der Waals surface area contributed by atoms with Crippen LogP contribution in [0.25, 0.3) is 0 Å². The van der Waals surface area contributed by atoms with Gasteiger partial charge in [0.1, 0.15) is 6.04 Å². The average molecular weight is 346 g/mol. The predicted octanol–water partition coefficient (Wildman–Crippen LogP) is 2.30. The van der Waals surface area contributed by atoms with Gasteiger partial charge in [-0.3, -0.25) is 9.59 Å². The maximum atomic E-state index is 12.1. The van der Waals surface area contributed by atoms with E-state index in [0.29, 0.717) is 17.9 Å². The maximum absolute atomic E-state index is 12.1. The summed E-state index contributed by atoms with van der Waals surface area (Å²) in [5.41, 5.74) is 1.74. The van der Waals surface area contributed by atoms with Crippen LogP contribution in [0.15, 0.2) is 24.3 Å². The molecule has 1 aromatic rings. The molecule has 0 heterocycles. The minimum Gasteiger partial charge on any atom is -0.480 e. The third-order valence-corrected chi connectivity index (χ3v) is 4.50. The first kappa shape index (κ1) is 19.0. The summed E-state index contributed by atoms with van der Waals surface area (Å²) in [6.45, 7) is 3.53. The zero-order chi connectivity index (χ0) is 18.4. The Morgan fingerprint density at radius 3 is 2.28 bits per heavy atom. The summed E-state index contributed by atoms with van der Waals surface area (Å²) in [6, 6.07) is 6.51. The molecule has 2 amide bonds. The smallest absolute Gasteiger partial charge is 0.326 e. The van der Waals surface area contributed by atoms with Crippen LogP contribution in [-0.4, -0.2) is 35.5 Å². The molecule has 1 saturated carbocycles. The van der Waals surface area contributed by atoms with Crippen LogP contribution in [-0.2, 0) is 9.59 Å². The van der Waals surface area contributed by atoms with Crippen molar-refractivity contribution in [2.75, 3.05) is 6.54 Å². The van der Waals surface area contributed by atoms with Crippen LogP contribution in [0.3, 0.4) is 0 Å². The molecule has 0 saturated heterocycles. The monoisotopic (exact) mass is 346 g/mol. The molecule has 1 atom stereocenters. The maximum Gasteiger partial charge on any atom is 0.326 e. The Labute approximate surface area is 148 Å². The molecule has 0 bridgehead atoms. The van der Waals surface area contributed by atoms with Gasteiger partial charge in [0.15, 0.2) is 0 Å². The highest BCUT2D eigenvalue weighted by molar-refractivity contribution is 5.96. The Morgan fingerprint density at radius 2 is 1.80 bits per heavy atom. The van der Waals surface area contributed by atoms with Gasteiger partial charge in [0.25, 0.3) is 5.91 Å². The molecule has 0 spiro atoms. The molecule has 1 aromatic carbocycles. The number of hydrogen-bond acceptors (Lipinski definition) is 3. The quantitative estimate of drug-likeness (QED) is 0.673. The SMILES string of the molecule is CC(C)C[C@H](NC(=O)CNC(=O)c1ccc(C2CCC2)cc1)C(=O)O. The third-order valence-electron chi connectivity index (χ3n) is 4.50. The summed E-state index contributed by atoms with van der Waals surface area (Å²) in [6.07, 6.45) is 4.01. The van der Waals surface area contributed by atoms with Crippen LogP contribution >= 0.6 is 0 Å². The zero-order valence-electron chi connectivity index (χ0n) is 14.7. The molecule has 0 radical (unpaired) electrons. The fraction of sp³-hybridized carbons (Fsp3) is 0.526. The van der Waals surface area contributed by atoms with E-state index in [-0.39, 0.29) is 18.4 Å². The number of carboxylic acid groups (broad SMARTS) is 1. The Morgan fingerprint density at radius 1 is 1.16 bits per heavy atom. The first-order chi connectivity index (χ1) is 11.9. The molecule has 2 rings (SSSR count). The van der Waals surface area contributed by atoms with Gasteiger partial charge in [0.2, 0.25) is 5.91 Å². The molecule has 0 unspecified atom stereocenters. The topological polar surface area (TPSA) is 95.5 Å². The fourth-order valence-corrected chi connectivity index (χ4v) is 2.85. The second-order valence-electron chi connectivity index (χ2n) is 7.02. The van der Waals surface area contributed by atoms with Crippen molar-refractivity contribution in [1.29, 1.82) is 0 Å². The molecule has 0 aromatic heterocycles. The van der Waals surface area contributed by atoms with E-state index in [0.717, 1.165) is 0 Å². The highest BCUT2D eigenvalue weighted by atomic mass is 16.4. The number of aliphatic carboxylic acids is 1. The van der Waals surface area contributed by atoms with Crippen LogP contribution in [0.4, 0.5) is 0 Å². The Bertz CT molecular complexity index is 621. The van der Waals surface area contributed by atoms with E-state index >= 15 is 0 Å². The summed E-state index contributed by atoms with van der Waals surface area (Å²) in [7, 11) is 0. The van der Waals surface area contributed by atoms with Gasteiger partial charge in [-0.2, -0.15) is 0 Å². The molecule has 6 heteroatoms. The van der Waals surface area contributed by atoms with Crippen molar-refractivity contribution in [2.45, 2.75) is 51.5 Å². The van der Waals surface area contributed by atoms with Crippen LogP contribution in [0, 0.1) is 5.92 Å². The molecule has 1 aliphatic carbocycles. The average Bonchev–Trinajstić information content (AvgIpc) is 2.50. The van der Waals surface area contributed by atoms with E-state index in [4.69, 9.17) is 5.11 Å². The van der Waals surface area contributed by atoms with Gasteiger partial charge in [-0.25, -0.2) is 4.79 Å². The molecule has 6 nitrogen and oxygen atoms in total. The lowest BCUT2D eigenvalue weighted by Crippen LogP contribution is -2.46. The van der Waals surface area contributed by atoms with Crippen molar-refractivity contribution in [2.24, 2.45) is 5.92 Å². The minimum atomic E-state index is -1.07. The standard InChI is InChI=1S/C19H26N2O4/c1-12(2)10-16(19(24)25)21-17(22)11-20-18(23)15-8-6-14(7-9-15)13-4-3-5-13/h6-9,12-13,16H,3-5,10-11H2,1-2H3,(H,20,23)(H,21,22)(H,24,25)/t16-/m0/s1. The lowest BCUT2D eigenvalue weighted by atomic mass is 9.80. The highest BCUT2D eigenvalue weighted by Gasteiger charge is 2.22. The van der Waals surface area contributed by atoms with E-state index in [1.165, 1.54) is 24.8 Å². The highest BCUT2D eigenvalue weighted by Crippen LogP contribution is 2.36. The lowest BCUT2D eigenvalue weighted by molar-refractivity contribution is -0.142. The lowest BCUT2D eigenvalue weighted by Gasteiger charge is -2.25. The van der Waals surface area contributed by atoms with Gasteiger partial charge in [-0.15, -0.1) is 0 Å². The molecule has 25 heavy (non-hydrogen) atoms. The Balaban J connectivity index is 1.81. The van der Waals surface area contributed by atoms with Crippen molar-refractivity contribution in [3.05, 3.63) is 35.4 Å². The van der Waals surface area contributed by atoms with Gasteiger partial charge in [-0.05, 0) is 48.8 Å². The van der Waals surface area contributed by atoms with Crippen molar-refractivity contribution in [3.8, 4) is 0 Å². The molecule has 136 valence electrons. The number of carbonyl (C=O) groups excluding carboxylic acids is 2. The molecular weight excluding hydrogens is 320 g/mol. The number of carboxylic acids is 1. The summed E-state index contributed by atoms with van der Waals surface area (Å²) in [4.78, 5) is 35.1. The first-order valence-corrected chi connectivity index (χ1v) is 8.77. The largest absolute Gasteiger partial charge is 0.480 e. The van der Waals surface area contributed by atoms with E-state index in [1.54, 1.807) is 12.1 Å². The summed E-state index contributed by atoms with van der Waals surface area (Å²) >= 11 is 0. The van der Waals surface area contributed by atoms with E-state index in [9.17, 15) is 14.4 Å². The second-order valence-corrected chi connectivity index (χ2v) is 7.02. The molecular formula is C19H26N2O4. The van der Waals surface area contributed by atoms with Gasteiger partial charge >= 0.3 is 5.97 Å². The van der Waals surface area contributed by atoms with Crippen molar-refractivity contribution >= 4 is 17.8 Å². The molecule has 1 fully saturated rings. The Hall–Kier alpha value is -2.37. The van der Waals surface area contributed by atoms with Gasteiger partial charge in [0.05, 0.1) is 6.54 Å². The van der Waals surface area contributed by atoms with Crippen molar-refractivity contribution < 1.29 is 19.5 Å². The van der Waals surface area contributed by atoms with Crippen LogP contribution < -0.4 is 10.6 Å². The minimum absolute atomic E-state index is 0.144. The molecule has 1 aliphatic rings. The summed E-state index contributed by atoms with van der Waals surface area (Å²) in [5, 5.41) is 14.1. The predicted molar refractivity (Wildman–Crippen MR) is 94.4 cm³/mol. The second kappa shape index (κ2) is 8.65. The van der Waals surface area contributed by atoms with E-state index in [2.05, 4.69) is 10.6 Å². The number of carbonyl (C=O) groups is 3. The number of hydrogen-bond donors (Lipinski definition) is 3. The van der Waals surface area contributed by atoms with E-state index < -0.39 is 17.9 Å². The number of benzene rings is 1. The first-order valence-electron chi connectivity index (χ1n) is 8.77. The van der Waals surface area contributed by atoms with E-state index in [1.807, 2.05) is 26.0 Å². The van der Waals surface area contributed by atoms with Crippen LogP contribution in [0.2, 0.25) is 0 Å². The van der Waals surface area contributed by atoms with Crippen LogP contribution in [0.1, 0.15) is 61.4 Å². The van der Waals surface area contributed by atoms with Gasteiger partial charge in [-0.1, -0.05) is 32.4 Å². The van der Waals surface area contributed by atoms with Gasteiger partial charge in [0, 0.05) is 5.56 Å². The van der Waals surface area contributed by atoms with Crippen molar-refractivity contribution in [1.82, 2.24) is 10.6 Å². The summed E-state index contributed by atoms with van der Waals surface area (Å²) in [5.74, 6) is -1.17. The molecule has 3 N–H and O–H groups in total. The summed E-state index contributed by atoms with van der Waals surface area (Å²) < 4.78 is 0. The third kappa shape index (κ3) is 5.59. The Kier molecular flexibility index (Phi) is 6.56. The normalized spacial score (nSPS) is 15.3. The molecule has 0 aliphatic heterocycles. The number of rotatable bonds is 8.